The molecule has 6 nitrogen and oxygen atoms in total. The molecule has 7 heteroatoms. The predicted molar refractivity (Wildman–Crippen MR) is 104 cm³/mol. The first-order chi connectivity index (χ1) is 12.9. The molecule has 0 aliphatic heterocycles. The van der Waals surface area contributed by atoms with E-state index >= 15 is 0 Å². The molecule has 0 heterocycles. The van der Waals surface area contributed by atoms with Crippen molar-refractivity contribution in [3.05, 3.63) is 53.1 Å². The van der Waals surface area contributed by atoms with Crippen LogP contribution in [0.4, 0.5) is 5.69 Å². The first-order valence-electron chi connectivity index (χ1n) is 8.49. The van der Waals surface area contributed by atoms with Gasteiger partial charge in [-0.05, 0) is 44.2 Å². The number of anilines is 1. The largest absolute Gasteiger partial charge is 0.496 e. The van der Waals surface area contributed by atoms with Gasteiger partial charge in [0.15, 0.2) is 6.10 Å². The van der Waals surface area contributed by atoms with Crippen LogP contribution in [0.1, 0.15) is 19.4 Å². The van der Waals surface area contributed by atoms with Crippen molar-refractivity contribution < 1.29 is 23.8 Å². The average molecular weight is 392 g/mol. The minimum atomic E-state index is -0.975. The summed E-state index contributed by atoms with van der Waals surface area (Å²) in [5.74, 6) is 0.0690. The van der Waals surface area contributed by atoms with Crippen LogP contribution in [-0.2, 0) is 20.7 Å². The second kappa shape index (κ2) is 9.83. The lowest BCUT2D eigenvalue weighted by Crippen LogP contribution is -2.30. The van der Waals surface area contributed by atoms with Crippen LogP contribution in [0.5, 0.6) is 11.5 Å². The molecular weight excluding hydrogens is 370 g/mol. The molecule has 1 amide bonds. The van der Waals surface area contributed by atoms with Gasteiger partial charge in [0.2, 0.25) is 0 Å². The van der Waals surface area contributed by atoms with Gasteiger partial charge >= 0.3 is 5.97 Å². The maximum absolute atomic E-state index is 12.3. The monoisotopic (exact) mass is 391 g/mol. The van der Waals surface area contributed by atoms with E-state index in [0.29, 0.717) is 34.4 Å². The van der Waals surface area contributed by atoms with Crippen molar-refractivity contribution in [1.29, 1.82) is 0 Å². The Bertz CT molecular complexity index is 809. The Labute approximate surface area is 163 Å². The van der Waals surface area contributed by atoms with Gasteiger partial charge in [-0.25, -0.2) is 0 Å². The molecule has 0 saturated carbocycles. The number of rotatable bonds is 8. The fourth-order valence-corrected chi connectivity index (χ4v) is 2.61. The second-order valence-corrected chi connectivity index (χ2v) is 6.12. The zero-order chi connectivity index (χ0) is 19.8. The van der Waals surface area contributed by atoms with Crippen LogP contribution in [0, 0.1) is 0 Å². The van der Waals surface area contributed by atoms with Crippen molar-refractivity contribution in [1.82, 2.24) is 0 Å². The van der Waals surface area contributed by atoms with E-state index in [9.17, 15) is 9.59 Å². The van der Waals surface area contributed by atoms with Crippen LogP contribution >= 0.6 is 11.6 Å². The second-order valence-electron chi connectivity index (χ2n) is 5.68. The SMILES string of the molecule is CCOc1ccccc1NC(=O)[C@@H](C)OC(=O)Cc1cc(Cl)ccc1OC. The summed E-state index contributed by atoms with van der Waals surface area (Å²) in [6.45, 7) is 3.83. The zero-order valence-corrected chi connectivity index (χ0v) is 16.2. The number of carbonyl (C=O) groups excluding carboxylic acids is 2. The average Bonchev–Trinajstić information content (AvgIpc) is 2.63. The Morgan fingerprint density at radius 1 is 1.15 bits per heavy atom. The molecule has 144 valence electrons. The van der Waals surface area contributed by atoms with E-state index in [1.807, 2.05) is 13.0 Å². The Morgan fingerprint density at radius 2 is 1.89 bits per heavy atom. The summed E-state index contributed by atoms with van der Waals surface area (Å²) in [6, 6.07) is 12.0. The summed E-state index contributed by atoms with van der Waals surface area (Å²) in [5, 5.41) is 3.19. The highest BCUT2D eigenvalue weighted by atomic mass is 35.5. The molecule has 2 aromatic rings. The summed E-state index contributed by atoms with van der Waals surface area (Å²) in [5.41, 5.74) is 1.10. The van der Waals surface area contributed by atoms with E-state index in [2.05, 4.69) is 5.32 Å². The number of hydrogen-bond acceptors (Lipinski definition) is 5. The lowest BCUT2D eigenvalue weighted by atomic mass is 10.1. The number of benzene rings is 2. The highest BCUT2D eigenvalue weighted by molar-refractivity contribution is 6.30. The van der Waals surface area contributed by atoms with Gasteiger partial charge in [0.05, 0.1) is 25.8 Å². The van der Waals surface area contributed by atoms with Crippen molar-refractivity contribution in [2.75, 3.05) is 19.0 Å². The maximum atomic E-state index is 12.3. The number of halogens is 1. The van der Waals surface area contributed by atoms with Crippen LogP contribution in [0.15, 0.2) is 42.5 Å². The van der Waals surface area contributed by atoms with E-state index in [-0.39, 0.29) is 6.42 Å². The molecule has 0 aliphatic carbocycles. The normalized spacial score (nSPS) is 11.4. The number of hydrogen-bond donors (Lipinski definition) is 1. The van der Waals surface area contributed by atoms with Crippen LogP contribution in [0.3, 0.4) is 0 Å². The third kappa shape index (κ3) is 5.89. The molecule has 1 N–H and O–H groups in total. The number of amides is 1. The summed E-state index contributed by atoms with van der Waals surface area (Å²) < 4.78 is 15.9. The molecule has 0 radical (unpaired) electrons. The van der Waals surface area contributed by atoms with Gasteiger partial charge in [0, 0.05) is 10.6 Å². The molecule has 0 aromatic heterocycles. The Hall–Kier alpha value is -2.73. The van der Waals surface area contributed by atoms with Crippen LogP contribution in [0.25, 0.3) is 0 Å². The van der Waals surface area contributed by atoms with Crippen LogP contribution in [-0.4, -0.2) is 31.7 Å². The Balaban J connectivity index is 1.98. The Kier molecular flexibility index (Phi) is 7.49. The van der Waals surface area contributed by atoms with Crippen molar-refractivity contribution in [3.63, 3.8) is 0 Å². The summed E-state index contributed by atoms with van der Waals surface area (Å²) in [4.78, 5) is 24.5. The Morgan fingerprint density at radius 3 is 2.59 bits per heavy atom. The smallest absolute Gasteiger partial charge is 0.311 e. The highest BCUT2D eigenvalue weighted by Gasteiger charge is 2.20. The van der Waals surface area contributed by atoms with Gasteiger partial charge < -0.3 is 19.5 Å². The molecule has 0 saturated heterocycles. The number of nitrogens with one attached hydrogen (secondary N) is 1. The third-order valence-corrected chi connectivity index (χ3v) is 3.93. The van der Waals surface area contributed by atoms with Crippen molar-refractivity contribution in [2.24, 2.45) is 0 Å². The zero-order valence-electron chi connectivity index (χ0n) is 15.5. The van der Waals surface area contributed by atoms with Crippen molar-refractivity contribution >= 4 is 29.2 Å². The lowest BCUT2D eigenvalue weighted by molar-refractivity contribution is -0.152. The number of para-hydroxylation sites is 2. The number of esters is 1. The van der Waals surface area contributed by atoms with E-state index in [0.717, 1.165) is 0 Å². The first kappa shape index (κ1) is 20.6. The van der Waals surface area contributed by atoms with E-state index in [4.69, 9.17) is 25.8 Å². The van der Waals surface area contributed by atoms with E-state index in [1.165, 1.54) is 14.0 Å². The number of methoxy groups -OCH3 is 1. The molecule has 0 aliphatic rings. The van der Waals surface area contributed by atoms with Crippen molar-refractivity contribution in [2.45, 2.75) is 26.4 Å². The van der Waals surface area contributed by atoms with Gasteiger partial charge in [0.25, 0.3) is 5.91 Å². The van der Waals surface area contributed by atoms with Crippen molar-refractivity contribution in [3.8, 4) is 11.5 Å². The number of ether oxygens (including phenoxy) is 3. The lowest BCUT2D eigenvalue weighted by Gasteiger charge is -2.16. The molecular formula is C20H22ClNO5. The molecule has 0 spiro atoms. The van der Waals surface area contributed by atoms with E-state index < -0.39 is 18.0 Å². The first-order valence-corrected chi connectivity index (χ1v) is 8.87. The molecule has 2 rings (SSSR count). The molecule has 2 aromatic carbocycles. The summed E-state index contributed by atoms with van der Waals surface area (Å²) >= 11 is 5.96. The molecule has 0 bridgehead atoms. The minimum absolute atomic E-state index is 0.0586. The molecule has 0 fully saturated rings. The number of carbonyl (C=O) groups is 2. The molecule has 1 atom stereocenters. The third-order valence-electron chi connectivity index (χ3n) is 3.70. The van der Waals surface area contributed by atoms with Gasteiger partial charge in [-0.1, -0.05) is 23.7 Å². The highest BCUT2D eigenvalue weighted by Crippen LogP contribution is 2.25. The summed E-state index contributed by atoms with van der Waals surface area (Å²) in [6.07, 6.45) is -1.03. The molecule has 27 heavy (non-hydrogen) atoms. The van der Waals surface area contributed by atoms with Crippen LogP contribution < -0.4 is 14.8 Å². The topological polar surface area (TPSA) is 73.9 Å². The minimum Gasteiger partial charge on any atom is -0.496 e. The van der Waals surface area contributed by atoms with E-state index in [1.54, 1.807) is 36.4 Å². The van der Waals surface area contributed by atoms with Gasteiger partial charge in [0.1, 0.15) is 11.5 Å². The van der Waals surface area contributed by atoms with Crippen LogP contribution in [0.2, 0.25) is 5.02 Å². The van der Waals surface area contributed by atoms with Gasteiger partial charge in [-0.15, -0.1) is 0 Å². The standard InChI is InChI=1S/C20H22ClNO5/c1-4-26-18-8-6-5-7-16(18)22-20(24)13(2)27-19(23)12-14-11-15(21)9-10-17(14)25-3/h5-11,13H,4,12H2,1-3H3,(H,22,24)/t13-/m1/s1. The van der Waals surface area contributed by atoms with Gasteiger partial charge in [-0.3, -0.25) is 9.59 Å². The van der Waals surface area contributed by atoms with Gasteiger partial charge in [-0.2, -0.15) is 0 Å². The fraction of sp³-hybridized carbons (Fsp3) is 0.300. The fourth-order valence-electron chi connectivity index (χ4n) is 2.42. The predicted octanol–water partition coefficient (Wildman–Crippen LogP) is 3.86. The summed E-state index contributed by atoms with van der Waals surface area (Å²) in [7, 11) is 1.50. The molecule has 0 unspecified atom stereocenters. The maximum Gasteiger partial charge on any atom is 0.311 e. The quantitative estimate of drug-likeness (QED) is 0.691.